The summed E-state index contributed by atoms with van der Waals surface area (Å²) >= 11 is 0. The van der Waals surface area contributed by atoms with E-state index in [-0.39, 0.29) is 17.1 Å². The van der Waals surface area contributed by atoms with Gasteiger partial charge in [-0.25, -0.2) is 0 Å². The van der Waals surface area contributed by atoms with Gasteiger partial charge in [-0.2, -0.15) is 0 Å². The average Bonchev–Trinajstić information content (AvgIpc) is 2.64. The van der Waals surface area contributed by atoms with Gasteiger partial charge in [0.1, 0.15) is 5.76 Å². The van der Waals surface area contributed by atoms with E-state index in [4.69, 9.17) is 4.42 Å². The molecular weight excluding hydrogens is 314 g/mol. The molecule has 0 unspecified atom stereocenters. The maximum absolute atomic E-state index is 12.3. The minimum atomic E-state index is -0.384. The zero-order valence-corrected chi connectivity index (χ0v) is 14.2. The predicted octanol–water partition coefficient (Wildman–Crippen LogP) is 3.85. The molecule has 4 nitrogen and oxygen atoms in total. The monoisotopic (exact) mass is 333 g/mol. The average molecular weight is 333 g/mol. The number of benzene rings is 2. The minimum Gasteiger partial charge on any atom is -0.456 e. The Morgan fingerprint density at radius 1 is 0.960 bits per heavy atom. The van der Waals surface area contributed by atoms with Crippen LogP contribution in [0.5, 0.6) is 0 Å². The van der Waals surface area contributed by atoms with Crippen molar-refractivity contribution in [3.05, 3.63) is 93.5 Å². The van der Waals surface area contributed by atoms with Crippen molar-refractivity contribution in [1.29, 1.82) is 0 Å². The summed E-state index contributed by atoms with van der Waals surface area (Å²) in [6.07, 6.45) is 0. The smallest absolute Gasteiger partial charge is 0.287 e. The fourth-order valence-corrected chi connectivity index (χ4v) is 2.60. The largest absolute Gasteiger partial charge is 0.456 e. The van der Waals surface area contributed by atoms with Gasteiger partial charge >= 0.3 is 0 Å². The number of hydrogen-bond donors (Lipinski definition) is 1. The second-order valence-corrected chi connectivity index (χ2v) is 5.92. The van der Waals surface area contributed by atoms with Crippen LogP contribution in [0.1, 0.15) is 27.4 Å². The van der Waals surface area contributed by atoms with Crippen molar-refractivity contribution in [2.75, 3.05) is 0 Å². The molecule has 1 amide bonds. The van der Waals surface area contributed by atoms with Crippen molar-refractivity contribution >= 4 is 5.91 Å². The highest BCUT2D eigenvalue weighted by atomic mass is 16.3. The Bertz CT molecular complexity index is 941. The van der Waals surface area contributed by atoms with E-state index in [1.54, 1.807) is 13.8 Å². The molecule has 0 atom stereocenters. The van der Waals surface area contributed by atoms with E-state index in [0.29, 0.717) is 17.9 Å². The van der Waals surface area contributed by atoms with Gasteiger partial charge in [0.15, 0.2) is 11.2 Å². The number of hydrogen-bond acceptors (Lipinski definition) is 3. The van der Waals surface area contributed by atoms with Gasteiger partial charge in [0.25, 0.3) is 5.91 Å². The van der Waals surface area contributed by atoms with E-state index in [1.807, 2.05) is 42.5 Å². The molecule has 0 aliphatic rings. The Hall–Kier alpha value is -3.14. The SMILES string of the molecule is Cc1cc(=O)c(C)c(C(=O)NCc2ccc(-c3ccccc3)cc2)o1. The van der Waals surface area contributed by atoms with E-state index in [0.717, 1.165) is 16.7 Å². The Balaban J connectivity index is 1.70. The molecule has 0 saturated heterocycles. The summed E-state index contributed by atoms with van der Waals surface area (Å²) in [7, 11) is 0. The summed E-state index contributed by atoms with van der Waals surface area (Å²) in [5, 5.41) is 2.80. The van der Waals surface area contributed by atoms with Crippen molar-refractivity contribution in [3.63, 3.8) is 0 Å². The lowest BCUT2D eigenvalue weighted by atomic mass is 10.0. The third-order valence-electron chi connectivity index (χ3n) is 4.03. The van der Waals surface area contributed by atoms with Crippen LogP contribution in [0.25, 0.3) is 11.1 Å². The zero-order chi connectivity index (χ0) is 17.8. The predicted molar refractivity (Wildman–Crippen MR) is 97.5 cm³/mol. The van der Waals surface area contributed by atoms with E-state index in [9.17, 15) is 9.59 Å². The third kappa shape index (κ3) is 3.86. The molecule has 1 aromatic heterocycles. The lowest BCUT2D eigenvalue weighted by Crippen LogP contribution is -2.25. The van der Waals surface area contributed by atoms with Crippen LogP contribution in [0.3, 0.4) is 0 Å². The molecule has 1 heterocycles. The molecule has 0 bridgehead atoms. The topological polar surface area (TPSA) is 59.3 Å². The van der Waals surface area contributed by atoms with Gasteiger partial charge in [0.2, 0.25) is 0 Å². The number of carbonyl (C=O) groups is 1. The molecule has 0 fully saturated rings. The molecule has 126 valence electrons. The Labute approximate surface area is 146 Å². The van der Waals surface area contributed by atoms with Gasteiger partial charge in [-0.05, 0) is 30.5 Å². The van der Waals surface area contributed by atoms with Gasteiger partial charge in [-0.3, -0.25) is 9.59 Å². The quantitative estimate of drug-likeness (QED) is 0.789. The van der Waals surface area contributed by atoms with E-state index < -0.39 is 0 Å². The van der Waals surface area contributed by atoms with Crippen molar-refractivity contribution in [3.8, 4) is 11.1 Å². The summed E-state index contributed by atoms with van der Waals surface area (Å²) in [4.78, 5) is 24.1. The second-order valence-electron chi connectivity index (χ2n) is 5.92. The van der Waals surface area contributed by atoms with Crippen LogP contribution in [0.4, 0.5) is 0 Å². The molecule has 0 spiro atoms. The molecule has 0 radical (unpaired) electrons. The third-order valence-corrected chi connectivity index (χ3v) is 4.03. The van der Waals surface area contributed by atoms with Crippen LogP contribution in [-0.4, -0.2) is 5.91 Å². The summed E-state index contributed by atoms with van der Waals surface area (Å²) in [5.74, 6) is 0.115. The second kappa shape index (κ2) is 7.18. The van der Waals surface area contributed by atoms with Gasteiger partial charge in [-0.15, -0.1) is 0 Å². The first kappa shape index (κ1) is 16.7. The van der Waals surface area contributed by atoms with E-state index >= 15 is 0 Å². The highest BCUT2D eigenvalue weighted by Crippen LogP contribution is 2.19. The van der Waals surface area contributed by atoms with Crippen molar-refractivity contribution in [2.24, 2.45) is 0 Å². The van der Waals surface area contributed by atoms with Crippen LogP contribution in [-0.2, 0) is 6.54 Å². The number of carbonyl (C=O) groups excluding carboxylic acids is 1. The maximum Gasteiger partial charge on any atom is 0.287 e. The molecule has 25 heavy (non-hydrogen) atoms. The maximum atomic E-state index is 12.3. The minimum absolute atomic E-state index is 0.0749. The fourth-order valence-electron chi connectivity index (χ4n) is 2.60. The lowest BCUT2D eigenvalue weighted by molar-refractivity contribution is 0.0918. The first-order valence-corrected chi connectivity index (χ1v) is 8.08. The number of aryl methyl sites for hydroxylation is 1. The summed E-state index contributed by atoms with van der Waals surface area (Å²) in [6, 6.07) is 19.5. The molecule has 1 N–H and O–H groups in total. The summed E-state index contributed by atoms with van der Waals surface area (Å²) in [6.45, 7) is 3.61. The first-order valence-electron chi connectivity index (χ1n) is 8.08. The highest BCUT2D eigenvalue weighted by molar-refractivity contribution is 5.92. The van der Waals surface area contributed by atoms with Gasteiger partial charge in [0.05, 0.1) is 0 Å². The Morgan fingerprint density at radius 2 is 1.60 bits per heavy atom. The molecule has 0 aliphatic heterocycles. The fraction of sp³-hybridized carbons (Fsp3) is 0.143. The Kier molecular flexibility index (Phi) is 4.80. The van der Waals surface area contributed by atoms with Gasteiger partial charge in [-0.1, -0.05) is 54.6 Å². The van der Waals surface area contributed by atoms with E-state index in [1.165, 1.54) is 6.07 Å². The first-order chi connectivity index (χ1) is 12.0. The van der Waals surface area contributed by atoms with E-state index in [2.05, 4.69) is 17.4 Å². The standard InChI is InChI=1S/C21H19NO3/c1-14-12-19(23)15(2)20(25-14)21(24)22-13-16-8-10-18(11-9-16)17-6-4-3-5-7-17/h3-12H,13H2,1-2H3,(H,22,24). The highest BCUT2D eigenvalue weighted by Gasteiger charge is 2.15. The van der Waals surface area contributed by atoms with Crippen LogP contribution >= 0.6 is 0 Å². The molecule has 3 aromatic rings. The van der Waals surface area contributed by atoms with Gasteiger partial charge in [0, 0.05) is 18.2 Å². The summed E-state index contributed by atoms with van der Waals surface area (Å²) < 4.78 is 5.40. The molecule has 0 aliphatic carbocycles. The number of rotatable bonds is 4. The van der Waals surface area contributed by atoms with Gasteiger partial charge < -0.3 is 9.73 Å². The van der Waals surface area contributed by atoms with Crippen molar-refractivity contribution in [2.45, 2.75) is 20.4 Å². The van der Waals surface area contributed by atoms with Crippen LogP contribution in [0.15, 0.2) is 69.9 Å². The van der Waals surface area contributed by atoms with Crippen molar-refractivity contribution in [1.82, 2.24) is 5.32 Å². The molecule has 0 saturated carbocycles. The van der Waals surface area contributed by atoms with Crippen LogP contribution < -0.4 is 10.7 Å². The number of amides is 1. The molecule has 3 rings (SSSR count). The van der Waals surface area contributed by atoms with Crippen LogP contribution in [0, 0.1) is 13.8 Å². The van der Waals surface area contributed by atoms with Crippen molar-refractivity contribution < 1.29 is 9.21 Å². The van der Waals surface area contributed by atoms with Crippen LogP contribution in [0.2, 0.25) is 0 Å². The normalized spacial score (nSPS) is 10.5. The zero-order valence-electron chi connectivity index (χ0n) is 14.2. The number of nitrogens with one attached hydrogen (secondary N) is 1. The molecule has 4 heteroatoms. The molecule has 2 aromatic carbocycles. The lowest BCUT2D eigenvalue weighted by Gasteiger charge is -2.08. The Morgan fingerprint density at radius 3 is 2.28 bits per heavy atom. The molecular formula is C21H19NO3. The summed E-state index contributed by atoms with van der Waals surface area (Å²) in [5.41, 5.74) is 3.37.